The van der Waals surface area contributed by atoms with Gasteiger partial charge >= 0.3 is 0 Å². The van der Waals surface area contributed by atoms with Crippen molar-refractivity contribution in [3.63, 3.8) is 0 Å². The molecule has 1 amide bonds. The lowest BCUT2D eigenvalue weighted by Crippen LogP contribution is -2.24. The number of para-hydroxylation sites is 1. The second-order valence-corrected chi connectivity index (χ2v) is 5.85. The van der Waals surface area contributed by atoms with Crippen molar-refractivity contribution in [1.29, 1.82) is 0 Å². The van der Waals surface area contributed by atoms with Crippen molar-refractivity contribution in [3.8, 4) is 0 Å². The maximum absolute atomic E-state index is 13.7. The zero-order valence-corrected chi connectivity index (χ0v) is 13.3. The fourth-order valence-corrected chi connectivity index (χ4v) is 2.86. The first-order valence-corrected chi connectivity index (χ1v) is 8.11. The van der Waals surface area contributed by atoms with Gasteiger partial charge in [0.25, 0.3) is 5.91 Å². The lowest BCUT2D eigenvalue weighted by atomic mass is 10.2. The van der Waals surface area contributed by atoms with Gasteiger partial charge in [0.2, 0.25) is 0 Å². The standard InChI is InChI=1S/C18H19F2N3O/c19-14-6-5-7-15(20)17(14)22-18(24)16-12-13(8-9-21-16)23-10-3-1-2-4-11-23/h5-9,12H,1-4,10-11H2,(H,22,24). The molecule has 1 aliphatic rings. The summed E-state index contributed by atoms with van der Waals surface area (Å²) < 4.78 is 27.3. The Bertz CT molecular complexity index is 708. The molecule has 0 saturated carbocycles. The van der Waals surface area contributed by atoms with Crippen molar-refractivity contribution in [1.82, 2.24) is 4.98 Å². The normalized spacial score (nSPS) is 15.0. The SMILES string of the molecule is O=C(Nc1c(F)cccc1F)c1cc(N2CCCCCC2)ccn1. The maximum Gasteiger partial charge on any atom is 0.274 e. The molecule has 1 aromatic carbocycles. The maximum atomic E-state index is 13.7. The summed E-state index contributed by atoms with van der Waals surface area (Å²) in [6, 6.07) is 6.96. The summed E-state index contributed by atoms with van der Waals surface area (Å²) in [5.74, 6) is -2.25. The number of pyridine rings is 1. The van der Waals surface area contributed by atoms with Crippen LogP contribution in [-0.2, 0) is 0 Å². The Morgan fingerprint density at radius 3 is 2.38 bits per heavy atom. The molecule has 1 fully saturated rings. The Hall–Kier alpha value is -2.50. The molecule has 4 nitrogen and oxygen atoms in total. The van der Waals surface area contributed by atoms with E-state index in [1.54, 1.807) is 12.3 Å². The van der Waals surface area contributed by atoms with Crippen molar-refractivity contribution in [2.45, 2.75) is 25.7 Å². The monoisotopic (exact) mass is 331 g/mol. The van der Waals surface area contributed by atoms with Crippen molar-refractivity contribution in [3.05, 3.63) is 53.9 Å². The molecular weight excluding hydrogens is 312 g/mol. The minimum atomic E-state index is -0.813. The fraction of sp³-hybridized carbons (Fsp3) is 0.333. The zero-order chi connectivity index (χ0) is 16.9. The van der Waals surface area contributed by atoms with E-state index in [1.807, 2.05) is 6.07 Å². The highest BCUT2D eigenvalue weighted by Gasteiger charge is 2.16. The van der Waals surface area contributed by atoms with E-state index < -0.39 is 23.2 Å². The molecule has 0 radical (unpaired) electrons. The number of carbonyl (C=O) groups excluding carboxylic acids is 1. The van der Waals surface area contributed by atoms with Gasteiger partial charge in [0.15, 0.2) is 0 Å². The fourth-order valence-electron chi connectivity index (χ4n) is 2.86. The predicted molar refractivity (Wildman–Crippen MR) is 89.2 cm³/mol. The van der Waals surface area contributed by atoms with E-state index in [4.69, 9.17) is 0 Å². The summed E-state index contributed by atoms with van der Waals surface area (Å²) in [6.45, 7) is 1.88. The molecule has 6 heteroatoms. The van der Waals surface area contributed by atoms with E-state index in [9.17, 15) is 13.6 Å². The Balaban J connectivity index is 1.79. The van der Waals surface area contributed by atoms with Crippen LogP contribution in [0, 0.1) is 11.6 Å². The van der Waals surface area contributed by atoms with Crippen LogP contribution in [0.4, 0.5) is 20.2 Å². The molecule has 0 atom stereocenters. The Kier molecular flexibility index (Phi) is 5.03. The molecule has 0 bridgehead atoms. The van der Waals surface area contributed by atoms with Crippen molar-refractivity contribution in [2.24, 2.45) is 0 Å². The number of anilines is 2. The van der Waals surface area contributed by atoms with Crippen LogP contribution in [0.3, 0.4) is 0 Å². The highest BCUT2D eigenvalue weighted by Crippen LogP contribution is 2.22. The topological polar surface area (TPSA) is 45.2 Å². The summed E-state index contributed by atoms with van der Waals surface area (Å²) >= 11 is 0. The van der Waals surface area contributed by atoms with E-state index >= 15 is 0 Å². The highest BCUT2D eigenvalue weighted by molar-refractivity contribution is 6.03. The first-order valence-electron chi connectivity index (χ1n) is 8.11. The second-order valence-electron chi connectivity index (χ2n) is 5.85. The first kappa shape index (κ1) is 16.4. The zero-order valence-electron chi connectivity index (χ0n) is 13.3. The molecule has 1 aliphatic heterocycles. The van der Waals surface area contributed by atoms with Crippen molar-refractivity contribution < 1.29 is 13.6 Å². The van der Waals surface area contributed by atoms with Gasteiger partial charge in [-0.15, -0.1) is 0 Å². The van der Waals surface area contributed by atoms with E-state index in [1.165, 1.54) is 18.9 Å². The third kappa shape index (κ3) is 3.69. The summed E-state index contributed by atoms with van der Waals surface area (Å²) in [5, 5.41) is 2.27. The summed E-state index contributed by atoms with van der Waals surface area (Å²) in [5.41, 5.74) is 0.593. The Labute approximate surface area is 139 Å². The number of nitrogens with one attached hydrogen (secondary N) is 1. The lowest BCUT2D eigenvalue weighted by molar-refractivity contribution is 0.102. The van der Waals surface area contributed by atoms with E-state index in [0.717, 1.165) is 43.8 Å². The van der Waals surface area contributed by atoms with Crippen LogP contribution in [0.5, 0.6) is 0 Å². The van der Waals surface area contributed by atoms with Gasteiger partial charge in [0.05, 0.1) is 0 Å². The molecule has 2 aromatic rings. The third-order valence-corrected chi connectivity index (χ3v) is 4.15. The number of rotatable bonds is 3. The molecule has 1 aromatic heterocycles. The third-order valence-electron chi connectivity index (χ3n) is 4.15. The molecule has 2 heterocycles. The summed E-state index contributed by atoms with van der Waals surface area (Å²) in [4.78, 5) is 18.5. The molecule has 24 heavy (non-hydrogen) atoms. The van der Waals surface area contributed by atoms with Crippen LogP contribution in [0.2, 0.25) is 0 Å². The molecule has 0 aliphatic carbocycles. The van der Waals surface area contributed by atoms with Crippen LogP contribution in [0.1, 0.15) is 36.2 Å². The van der Waals surface area contributed by atoms with Gasteiger partial charge in [0.1, 0.15) is 23.0 Å². The summed E-state index contributed by atoms with van der Waals surface area (Å²) in [6.07, 6.45) is 6.20. The molecule has 3 rings (SSSR count). The number of hydrogen-bond donors (Lipinski definition) is 1. The molecule has 1 N–H and O–H groups in total. The second kappa shape index (κ2) is 7.38. The molecule has 0 spiro atoms. The van der Waals surface area contributed by atoms with Crippen LogP contribution < -0.4 is 10.2 Å². The Morgan fingerprint density at radius 2 is 1.71 bits per heavy atom. The average Bonchev–Trinajstić information content (AvgIpc) is 2.87. The highest BCUT2D eigenvalue weighted by atomic mass is 19.1. The van der Waals surface area contributed by atoms with Gasteiger partial charge in [-0.05, 0) is 37.1 Å². The van der Waals surface area contributed by atoms with E-state index in [0.29, 0.717) is 0 Å². The number of nitrogens with zero attached hydrogens (tertiary/aromatic N) is 2. The average molecular weight is 331 g/mol. The summed E-state index contributed by atoms with van der Waals surface area (Å²) in [7, 11) is 0. The van der Waals surface area contributed by atoms with E-state index in [2.05, 4.69) is 15.2 Å². The quantitative estimate of drug-likeness (QED) is 0.925. The van der Waals surface area contributed by atoms with Crippen LogP contribution in [0.25, 0.3) is 0 Å². The molecule has 126 valence electrons. The van der Waals surface area contributed by atoms with Gasteiger partial charge < -0.3 is 10.2 Å². The number of halogens is 2. The predicted octanol–water partition coefficient (Wildman–Crippen LogP) is 3.99. The van der Waals surface area contributed by atoms with Crippen LogP contribution in [0.15, 0.2) is 36.5 Å². The van der Waals surface area contributed by atoms with Crippen LogP contribution >= 0.6 is 0 Å². The molecular formula is C18H19F2N3O. The number of benzene rings is 1. The number of amides is 1. The minimum absolute atomic E-state index is 0.138. The van der Waals surface area contributed by atoms with Gasteiger partial charge in [-0.2, -0.15) is 0 Å². The minimum Gasteiger partial charge on any atom is -0.371 e. The largest absolute Gasteiger partial charge is 0.371 e. The van der Waals surface area contributed by atoms with Crippen molar-refractivity contribution in [2.75, 3.05) is 23.3 Å². The first-order chi connectivity index (χ1) is 11.6. The molecule has 1 saturated heterocycles. The lowest BCUT2D eigenvalue weighted by Gasteiger charge is -2.22. The number of hydrogen-bond acceptors (Lipinski definition) is 3. The Morgan fingerprint density at radius 1 is 1.04 bits per heavy atom. The van der Waals surface area contributed by atoms with Gasteiger partial charge in [-0.25, -0.2) is 8.78 Å². The number of aromatic nitrogens is 1. The van der Waals surface area contributed by atoms with Gasteiger partial charge in [0, 0.05) is 25.0 Å². The smallest absolute Gasteiger partial charge is 0.274 e. The number of carbonyl (C=O) groups is 1. The van der Waals surface area contributed by atoms with Gasteiger partial charge in [-0.1, -0.05) is 18.9 Å². The van der Waals surface area contributed by atoms with E-state index in [-0.39, 0.29) is 5.69 Å². The van der Waals surface area contributed by atoms with Crippen LogP contribution in [-0.4, -0.2) is 24.0 Å². The van der Waals surface area contributed by atoms with Gasteiger partial charge in [-0.3, -0.25) is 9.78 Å². The van der Waals surface area contributed by atoms with Crippen molar-refractivity contribution >= 4 is 17.3 Å². The molecule has 0 unspecified atom stereocenters.